The van der Waals surface area contributed by atoms with E-state index in [0.717, 1.165) is 0 Å². The van der Waals surface area contributed by atoms with Crippen molar-refractivity contribution in [3.05, 3.63) is 28.7 Å². The molecule has 0 N–H and O–H groups in total. The summed E-state index contributed by atoms with van der Waals surface area (Å²) in [5, 5.41) is 1.59. The van der Waals surface area contributed by atoms with Crippen LogP contribution < -0.4 is 5.19 Å². The zero-order chi connectivity index (χ0) is 10.1. The lowest BCUT2D eigenvalue weighted by molar-refractivity contribution is 1.67. The number of hydrogen-bond donors (Lipinski definition) is 0. The van der Waals surface area contributed by atoms with Crippen molar-refractivity contribution in [3.8, 4) is 0 Å². The van der Waals surface area contributed by atoms with Crippen molar-refractivity contribution in [2.45, 2.75) is 26.2 Å². The Morgan fingerprint density at radius 2 is 1.54 bits per heavy atom. The van der Waals surface area contributed by atoms with Crippen LogP contribution in [0, 0.1) is 0 Å². The first kappa shape index (κ1) is 11.2. The molecule has 0 aromatic heterocycles. The average Bonchev–Trinajstić information content (AvgIpc) is 2.04. The van der Waals surface area contributed by atoms with Crippen molar-refractivity contribution in [2.75, 3.05) is 0 Å². The second kappa shape index (κ2) is 4.11. The molecule has 0 heterocycles. The Morgan fingerprint density at radius 1 is 1.08 bits per heavy atom. The Morgan fingerprint density at radius 3 is 1.92 bits per heavy atom. The van der Waals surface area contributed by atoms with Crippen LogP contribution in [0.1, 0.15) is 0 Å². The first-order valence-corrected chi connectivity index (χ1v) is 11.8. The SMILES string of the molecule is C[Si](C)[Si](C)(C)c1ccc(Br)cc1. The monoisotopic (exact) mass is 271 g/mol. The minimum absolute atomic E-state index is 0.152. The van der Waals surface area contributed by atoms with Gasteiger partial charge in [0.15, 0.2) is 0 Å². The van der Waals surface area contributed by atoms with E-state index in [1.54, 1.807) is 5.19 Å². The van der Waals surface area contributed by atoms with Crippen LogP contribution in [0.15, 0.2) is 28.7 Å². The fraction of sp³-hybridized carbons (Fsp3) is 0.400. The standard InChI is InChI=1S/C10H16BrSi2/c1-12(2)13(3,4)10-7-5-9(11)6-8-10/h5-8H,1-4H3. The Labute approximate surface area is 91.9 Å². The average molecular weight is 272 g/mol. The molecule has 13 heavy (non-hydrogen) atoms. The van der Waals surface area contributed by atoms with E-state index >= 15 is 0 Å². The van der Waals surface area contributed by atoms with Gasteiger partial charge in [-0.1, -0.05) is 59.4 Å². The summed E-state index contributed by atoms with van der Waals surface area (Å²) in [6, 6.07) is 8.89. The van der Waals surface area contributed by atoms with Crippen LogP contribution in [0.5, 0.6) is 0 Å². The number of rotatable bonds is 2. The molecule has 0 bridgehead atoms. The smallest absolute Gasteiger partial charge is 0.0711 e. The van der Waals surface area contributed by atoms with Gasteiger partial charge in [-0.2, -0.15) is 0 Å². The van der Waals surface area contributed by atoms with Crippen molar-refractivity contribution in [2.24, 2.45) is 0 Å². The lowest BCUT2D eigenvalue weighted by atomic mass is 10.4. The van der Waals surface area contributed by atoms with E-state index in [1.165, 1.54) is 4.47 Å². The van der Waals surface area contributed by atoms with E-state index in [2.05, 4.69) is 66.4 Å². The molecule has 0 unspecified atom stereocenters. The summed E-state index contributed by atoms with van der Waals surface area (Å²) in [5.41, 5.74) is 0. The van der Waals surface area contributed by atoms with Crippen molar-refractivity contribution >= 4 is 37.0 Å². The predicted octanol–water partition coefficient (Wildman–Crippen LogP) is 3.20. The Balaban J connectivity index is 3.01. The number of benzene rings is 1. The van der Waals surface area contributed by atoms with Crippen molar-refractivity contribution in [1.82, 2.24) is 0 Å². The second-order valence-corrected chi connectivity index (χ2v) is 17.6. The largest absolute Gasteiger partial charge is 0.0730 e. The molecule has 0 atom stereocenters. The molecule has 0 aliphatic heterocycles. The Hall–Kier alpha value is 0.134. The minimum Gasteiger partial charge on any atom is -0.0730 e. The third-order valence-corrected chi connectivity index (χ3v) is 16.0. The molecule has 71 valence electrons. The van der Waals surface area contributed by atoms with E-state index in [4.69, 9.17) is 0 Å². The normalized spacial score (nSPS) is 12.2. The van der Waals surface area contributed by atoms with E-state index in [-0.39, 0.29) is 8.31 Å². The quantitative estimate of drug-likeness (QED) is 0.725. The van der Waals surface area contributed by atoms with Gasteiger partial charge in [0, 0.05) is 12.8 Å². The maximum absolute atomic E-state index is 3.47. The summed E-state index contributed by atoms with van der Waals surface area (Å²) in [4.78, 5) is 0. The van der Waals surface area contributed by atoms with Crippen molar-refractivity contribution in [3.63, 3.8) is 0 Å². The van der Waals surface area contributed by atoms with Crippen LogP contribution in [0.2, 0.25) is 26.2 Å². The van der Waals surface area contributed by atoms with Crippen LogP contribution in [-0.4, -0.2) is 15.9 Å². The summed E-state index contributed by atoms with van der Waals surface area (Å²) in [7, 11) is -1.25. The molecule has 0 fully saturated rings. The van der Waals surface area contributed by atoms with Gasteiger partial charge in [-0.3, -0.25) is 0 Å². The van der Waals surface area contributed by atoms with Gasteiger partial charge in [-0.15, -0.1) is 0 Å². The van der Waals surface area contributed by atoms with Crippen LogP contribution in [-0.2, 0) is 0 Å². The minimum atomic E-state index is -1.10. The fourth-order valence-electron chi connectivity index (χ4n) is 1.16. The second-order valence-electron chi connectivity index (χ2n) is 4.13. The molecule has 1 aromatic carbocycles. The van der Waals surface area contributed by atoms with Crippen LogP contribution in [0.3, 0.4) is 0 Å². The van der Waals surface area contributed by atoms with Crippen LogP contribution in [0.4, 0.5) is 0 Å². The van der Waals surface area contributed by atoms with E-state index in [9.17, 15) is 0 Å². The molecule has 1 radical (unpaired) electrons. The van der Waals surface area contributed by atoms with E-state index in [0.29, 0.717) is 0 Å². The summed E-state index contributed by atoms with van der Waals surface area (Å²) in [6.07, 6.45) is 0. The van der Waals surface area contributed by atoms with Crippen molar-refractivity contribution in [1.29, 1.82) is 0 Å². The third kappa shape index (κ3) is 2.54. The molecule has 0 spiro atoms. The fourth-order valence-corrected chi connectivity index (χ4v) is 5.23. The topological polar surface area (TPSA) is 0 Å². The van der Waals surface area contributed by atoms with Gasteiger partial charge in [0.2, 0.25) is 0 Å². The molecule has 0 saturated carbocycles. The van der Waals surface area contributed by atoms with Gasteiger partial charge in [0.1, 0.15) is 0 Å². The van der Waals surface area contributed by atoms with E-state index < -0.39 is 7.59 Å². The molecule has 0 aliphatic rings. The number of halogens is 1. The number of hydrogen-bond acceptors (Lipinski definition) is 0. The molecule has 1 aromatic rings. The zero-order valence-corrected chi connectivity index (χ0v) is 12.3. The van der Waals surface area contributed by atoms with Gasteiger partial charge in [0.05, 0.1) is 7.59 Å². The summed E-state index contributed by atoms with van der Waals surface area (Å²) < 4.78 is 1.18. The lowest BCUT2D eigenvalue weighted by Crippen LogP contribution is -2.52. The van der Waals surface area contributed by atoms with Crippen LogP contribution in [0.25, 0.3) is 0 Å². The van der Waals surface area contributed by atoms with Gasteiger partial charge in [-0.05, 0) is 12.1 Å². The highest BCUT2D eigenvalue weighted by molar-refractivity contribution is 9.10. The Kier molecular flexibility index (Phi) is 3.54. The predicted molar refractivity (Wildman–Crippen MR) is 68.7 cm³/mol. The third-order valence-electron chi connectivity index (χ3n) is 2.82. The maximum atomic E-state index is 3.47. The summed E-state index contributed by atoms with van der Waals surface area (Å²) in [5.74, 6) is 0. The Bertz CT molecular complexity index is 277. The summed E-state index contributed by atoms with van der Waals surface area (Å²) in [6.45, 7) is 9.81. The van der Waals surface area contributed by atoms with Gasteiger partial charge in [-0.25, -0.2) is 0 Å². The maximum Gasteiger partial charge on any atom is 0.0711 e. The highest BCUT2D eigenvalue weighted by Crippen LogP contribution is 2.11. The van der Waals surface area contributed by atoms with Crippen LogP contribution >= 0.6 is 15.9 Å². The highest BCUT2D eigenvalue weighted by atomic mass is 79.9. The van der Waals surface area contributed by atoms with Gasteiger partial charge < -0.3 is 0 Å². The first-order chi connectivity index (χ1) is 5.94. The van der Waals surface area contributed by atoms with Gasteiger partial charge >= 0.3 is 0 Å². The highest BCUT2D eigenvalue weighted by Gasteiger charge is 2.27. The lowest BCUT2D eigenvalue weighted by Gasteiger charge is -2.26. The molecule has 3 heteroatoms. The molecular formula is C10H16BrSi2. The molecule has 0 amide bonds. The first-order valence-electron chi connectivity index (χ1n) is 4.51. The zero-order valence-electron chi connectivity index (χ0n) is 8.69. The van der Waals surface area contributed by atoms with E-state index in [1.807, 2.05) is 0 Å². The molecule has 0 saturated heterocycles. The molecule has 0 aliphatic carbocycles. The molecular weight excluding hydrogens is 256 g/mol. The molecule has 1 rings (SSSR count). The summed E-state index contributed by atoms with van der Waals surface area (Å²) >= 11 is 3.47. The van der Waals surface area contributed by atoms with Gasteiger partial charge in [0.25, 0.3) is 0 Å². The molecule has 0 nitrogen and oxygen atoms in total. The van der Waals surface area contributed by atoms with Crippen molar-refractivity contribution < 1.29 is 0 Å².